The Morgan fingerprint density at radius 1 is 0.465 bits per heavy atom. The second-order valence-corrected chi connectivity index (χ2v) is 12.6. The number of carboxylic acid groups (broad SMARTS) is 3. The molecule has 7 heteroatoms. The van der Waals surface area contributed by atoms with E-state index in [1.807, 2.05) is 20.8 Å². The van der Waals surface area contributed by atoms with Gasteiger partial charge in [-0.05, 0) is 51.4 Å². The second-order valence-electron chi connectivity index (χ2n) is 12.6. The third-order valence-electron chi connectivity index (χ3n) is 9.09. The molecule has 0 aromatic carbocycles. The van der Waals surface area contributed by atoms with Crippen LogP contribution in [0.1, 0.15) is 175 Å². The average molecular weight is 611 g/mol. The smallest absolute Gasteiger partial charge is 0.362 e. The minimum Gasteiger partial charge on any atom is -0.477 e. The van der Waals surface area contributed by atoms with Gasteiger partial charge in [-0.25, -0.2) is 14.4 Å². The quantitative estimate of drug-likeness (QED) is 0.0409. The van der Waals surface area contributed by atoms with Gasteiger partial charge in [0, 0.05) is 19.3 Å². The van der Waals surface area contributed by atoms with Crippen molar-refractivity contribution in [2.75, 3.05) is 6.54 Å². The van der Waals surface area contributed by atoms with Gasteiger partial charge in [0.2, 0.25) is 0 Å². The van der Waals surface area contributed by atoms with Crippen molar-refractivity contribution < 1.29 is 34.2 Å². The highest BCUT2D eigenvalue weighted by Crippen LogP contribution is 2.34. The third-order valence-corrected chi connectivity index (χ3v) is 9.09. The molecule has 0 heterocycles. The highest BCUT2D eigenvalue weighted by atomic mass is 16.4. The molecule has 0 aliphatic heterocycles. The van der Waals surface area contributed by atoms with Gasteiger partial charge in [-0.3, -0.25) is 4.48 Å². The van der Waals surface area contributed by atoms with E-state index in [0.29, 0.717) is 25.7 Å². The molecular weight excluding hydrogens is 542 g/mol. The van der Waals surface area contributed by atoms with Crippen molar-refractivity contribution in [2.45, 2.75) is 193 Å². The van der Waals surface area contributed by atoms with Crippen molar-refractivity contribution in [2.24, 2.45) is 0 Å². The zero-order valence-corrected chi connectivity index (χ0v) is 28.4. The molecule has 0 rings (SSSR count). The zero-order chi connectivity index (χ0) is 32.3. The summed E-state index contributed by atoms with van der Waals surface area (Å²) < 4.78 is -0.391. The number of carbonyl (C=O) groups is 3. The monoisotopic (exact) mass is 611 g/mol. The van der Waals surface area contributed by atoms with Gasteiger partial charge < -0.3 is 15.3 Å². The Balaban J connectivity index is 4.89. The first-order valence-corrected chi connectivity index (χ1v) is 17.9. The van der Waals surface area contributed by atoms with Crippen LogP contribution < -0.4 is 0 Å². The van der Waals surface area contributed by atoms with Crippen LogP contribution in [0.3, 0.4) is 0 Å². The summed E-state index contributed by atoms with van der Waals surface area (Å²) in [6.07, 6.45) is 27.6. The molecule has 0 aromatic heterocycles. The molecular formula is C36H68NO6+. The topological polar surface area (TPSA) is 112 Å². The Morgan fingerprint density at radius 3 is 1.07 bits per heavy atom. The summed E-state index contributed by atoms with van der Waals surface area (Å²) in [5, 5.41) is 30.9. The molecule has 0 radical (unpaired) electrons. The molecule has 3 N–H and O–H groups in total. The van der Waals surface area contributed by atoms with Crippen LogP contribution in [-0.2, 0) is 14.4 Å². The fraction of sp³-hybridized carbons (Fsp3) is 0.861. The number of hydrogen-bond acceptors (Lipinski definition) is 3. The van der Waals surface area contributed by atoms with Crippen LogP contribution in [0.4, 0.5) is 0 Å². The number of hydrogen-bond donors (Lipinski definition) is 3. The van der Waals surface area contributed by atoms with Crippen molar-refractivity contribution >= 4 is 17.9 Å². The van der Waals surface area contributed by atoms with Gasteiger partial charge in [-0.15, -0.1) is 0 Å². The lowest BCUT2D eigenvalue weighted by atomic mass is 9.91. The summed E-state index contributed by atoms with van der Waals surface area (Å²) >= 11 is 0. The predicted molar refractivity (Wildman–Crippen MR) is 177 cm³/mol. The van der Waals surface area contributed by atoms with Gasteiger partial charge in [0.25, 0.3) is 0 Å². The predicted octanol–water partition coefficient (Wildman–Crippen LogP) is 9.77. The van der Waals surface area contributed by atoms with Gasteiger partial charge >= 0.3 is 17.9 Å². The molecule has 7 nitrogen and oxygen atoms in total. The van der Waals surface area contributed by atoms with Crippen LogP contribution in [0.25, 0.3) is 0 Å². The number of rotatable bonds is 31. The minimum atomic E-state index is -1.09. The number of aliphatic carboxylic acids is 3. The molecule has 0 amide bonds. The standard InChI is InChI=1S/C36H67NO6/c1-5-9-10-11-12-13-14-15-16-17-18-19-20-21-22-23-24-25-26-30-37(31(27-6-2)34(38)39,32(28-7-3)35(40)41)33(29-8-4)36(42)43/h22-23,31-33H,5-21,24-30H2,1-4H3,(H2-,38,39,40,41,42,43)/p+1/b23-22+. The van der Waals surface area contributed by atoms with Gasteiger partial charge in [0.1, 0.15) is 0 Å². The molecule has 3 unspecified atom stereocenters. The lowest BCUT2D eigenvalue weighted by Crippen LogP contribution is -2.72. The van der Waals surface area contributed by atoms with Gasteiger partial charge in [0.05, 0.1) is 6.54 Å². The summed E-state index contributed by atoms with van der Waals surface area (Å²) in [4.78, 5) is 37.8. The van der Waals surface area contributed by atoms with Gasteiger partial charge in [-0.1, -0.05) is 117 Å². The van der Waals surface area contributed by atoms with E-state index in [4.69, 9.17) is 0 Å². The number of allylic oxidation sites excluding steroid dienone is 2. The van der Waals surface area contributed by atoms with Crippen LogP contribution in [0.2, 0.25) is 0 Å². The molecule has 252 valence electrons. The average Bonchev–Trinajstić information content (AvgIpc) is 2.97. The molecule has 0 spiro atoms. The first-order chi connectivity index (χ1) is 20.7. The Bertz CT molecular complexity index is 692. The van der Waals surface area contributed by atoms with E-state index in [1.54, 1.807) is 0 Å². The molecule has 0 saturated carbocycles. The van der Waals surface area contributed by atoms with E-state index in [2.05, 4.69) is 19.1 Å². The number of quaternary nitrogens is 1. The highest BCUT2D eigenvalue weighted by molar-refractivity contribution is 5.78. The summed E-state index contributed by atoms with van der Waals surface area (Å²) in [6, 6.07) is -3.18. The summed E-state index contributed by atoms with van der Waals surface area (Å²) in [7, 11) is 0. The molecule has 0 aromatic rings. The van der Waals surface area contributed by atoms with Gasteiger partial charge in [-0.2, -0.15) is 0 Å². The van der Waals surface area contributed by atoms with E-state index in [1.165, 1.54) is 83.5 Å². The van der Waals surface area contributed by atoms with E-state index in [9.17, 15) is 29.7 Å². The van der Waals surface area contributed by atoms with Crippen molar-refractivity contribution in [3.05, 3.63) is 12.2 Å². The SMILES string of the molecule is CCCCCCCCCCCCCCC/C=C/CCCC[N+](C(CCC)C(=O)O)(C(CCC)C(=O)O)C(CCC)C(=O)O. The first kappa shape index (κ1) is 41.1. The minimum absolute atomic E-state index is 0.248. The van der Waals surface area contributed by atoms with Crippen LogP contribution in [0.15, 0.2) is 12.2 Å². The number of carboxylic acids is 3. The summed E-state index contributed by atoms with van der Waals surface area (Å²) in [5.41, 5.74) is 0. The van der Waals surface area contributed by atoms with Crippen LogP contribution in [-0.4, -0.2) is 62.4 Å². The largest absolute Gasteiger partial charge is 0.477 e. The molecule has 0 aliphatic carbocycles. The fourth-order valence-electron chi connectivity index (χ4n) is 6.81. The highest BCUT2D eigenvalue weighted by Gasteiger charge is 2.56. The van der Waals surface area contributed by atoms with E-state index < -0.39 is 40.5 Å². The Labute approximate surface area is 264 Å². The van der Waals surface area contributed by atoms with Gasteiger partial charge in [0.15, 0.2) is 18.1 Å². The summed E-state index contributed by atoms with van der Waals surface area (Å²) in [6.45, 7) is 8.13. The molecule has 0 bridgehead atoms. The normalized spacial score (nSPS) is 15.3. The molecule has 0 fully saturated rings. The molecule has 3 atom stereocenters. The van der Waals surface area contributed by atoms with Crippen LogP contribution in [0.5, 0.6) is 0 Å². The maximum Gasteiger partial charge on any atom is 0.362 e. The molecule has 0 aliphatic rings. The van der Waals surface area contributed by atoms with E-state index in [0.717, 1.165) is 19.3 Å². The lowest BCUT2D eigenvalue weighted by Gasteiger charge is -2.50. The van der Waals surface area contributed by atoms with Crippen LogP contribution >= 0.6 is 0 Å². The van der Waals surface area contributed by atoms with E-state index >= 15 is 0 Å². The Kier molecular flexibility index (Phi) is 25.3. The number of unbranched alkanes of at least 4 members (excludes halogenated alkanes) is 15. The lowest BCUT2D eigenvalue weighted by molar-refractivity contribution is -0.973. The van der Waals surface area contributed by atoms with Crippen molar-refractivity contribution in [3.63, 3.8) is 0 Å². The summed E-state index contributed by atoms with van der Waals surface area (Å²) in [5.74, 6) is -3.28. The Morgan fingerprint density at radius 2 is 0.767 bits per heavy atom. The third kappa shape index (κ3) is 16.7. The molecule has 0 saturated heterocycles. The second kappa shape index (κ2) is 26.5. The van der Waals surface area contributed by atoms with Crippen molar-refractivity contribution in [1.82, 2.24) is 0 Å². The first-order valence-electron chi connectivity index (χ1n) is 17.9. The van der Waals surface area contributed by atoms with Crippen molar-refractivity contribution in [1.29, 1.82) is 0 Å². The zero-order valence-electron chi connectivity index (χ0n) is 28.4. The Hall–Kier alpha value is -1.89. The van der Waals surface area contributed by atoms with E-state index in [-0.39, 0.29) is 25.8 Å². The van der Waals surface area contributed by atoms with Crippen LogP contribution in [0, 0.1) is 0 Å². The maximum absolute atomic E-state index is 12.6. The van der Waals surface area contributed by atoms with Crippen molar-refractivity contribution in [3.8, 4) is 0 Å². The maximum atomic E-state index is 12.6. The number of nitrogens with zero attached hydrogens (tertiary/aromatic N) is 1. The fourth-order valence-corrected chi connectivity index (χ4v) is 6.81. The molecule has 43 heavy (non-hydrogen) atoms.